The Hall–Kier alpha value is -2.89. The minimum atomic E-state index is 0.526. The molecule has 6 heteroatoms. The molecular weight excluding hydrogens is 300 g/mol. The normalized spacial score (nSPS) is 11.7. The molecule has 0 saturated heterocycles. The Bertz CT molecular complexity index is 822. The highest BCUT2D eigenvalue weighted by atomic mass is 15.2. The monoisotopic (exact) mass is 322 g/mol. The molecule has 0 fully saturated rings. The van der Waals surface area contributed by atoms with Crippen molar-refractivity contribution < 1.29 is 0 Å². The van der Waals surface area contributed by atoms with Crippen LogP contribution in [0.25, 0.3) is 5.65 Å². The predicted octanol–water partition coefficient (Wildman–Crippen LogP) is 2.29. The van der Waals surface area contributed by atoms with Gasteiger partial charge in [-0.25, -0.2) is 9.98 Å². The van der Waals surface area contributed by atoms with Crippen LogP contribution in [0.1, 0.15) is 24.0 Å². The van der Waals surface area contributed by atoms with Crippen molar-refractivity contribution in [3.05, 3.63) is 65.9 Å². The van der Waals surface area contributed by atoms with Crippen molar-refractivity contribution in [2.45, 2.75) is 26.9 Å². The van der Waals surface area contributed by atoms with Crippen LogP contribution < -0.4 is 10.6 Å². The molecule has 0 amide bonds. The zero-order valence-corrected chi connectivity index (χ0v) is 14.0. The van der Waals surface area contributed by atoms with Crippen LogP contribution in [0.3, 0.4) is 0 Å². The minimum Gasteiger partial charge on any atom is -0.357 e. The van der Waals surface area contributed by atoms with E-state index in [1.54, 1.807) is 6.20 Å². The third-order valence-electron chi connectivity index (χ3n) is 3.65. The van der Waals surface area contributed by atoms with E-state index >= 15 is 0 Å². The van der Waals surface area contributed by atoms with Crippen LogP contribution in [0.4, 0.5) is 0 Å². The fourth-order valence-corrected chi connectivity index (χ4v) is 2.45. The van der Waals surface area contributed by atoms with Crippen LogP contribution in [0.5, 0.6) is 0 Å². The molecular formula is C18H22N6. The second-order valence-corrected chi connectivity index (χ2v) is 5.50. The van der Waals surface area contributed by atoms with E-state index < -0.39 is 0 Å². The molecule has 3 aromatic heterocycles. The number of hydrogen-bond acceptors (Lipinski definition) is 3. The summed E-state index contributed by atoms with van der Waals surface area (Å²) in [6.45, 7) is 6.08. The maximum atomic E-state index is 4.61. The zero-order chi connectivity index (χ0) is 16.8. The average Bonchev–Trinajstić information content (AvgIpc) is 3.03. The molecule has 3 aromatic rings. The molecule has 0 bridgehead atoms. The number of imidazole rings is 1. The molecule has 2 N–H and O–H groups in total. The van der Waals surface area contributed by atoms with Gasteiger partial charge in [-0.15, -0.1) is 0 Å². The number of hydrogen-bond donors (Lipinski definition) is 2. The van der Waals surface area contributed by atoms with Gasteiger partial charge < -0.3 is 15.0 Å². The van der Waals surface area contributed by atoms with Gasteiger partial charge in [0, 0.05) is 24.6 Å². The standard InChI is InChI=1S/C18H22N6/c1-3-19-18(21-11-15-8-4-5-10-20-15)22-12-16-13-24-14(2)7-6-9-17(24)23-16/h4-10,13H,3,11-12H2,1-2H3,(H2,19,21,22). The first-order valence-electron chi connectivity index (χ1n) is 8.12. The van der Waals surface area contributed by atoms with Crippen molar-refractivity contribution >= 4 is 11.6 Å². The molecule has 24 heavy (non-hydrogen) atoms. The largest absolute Gasteiger partial charge is 0.357 e. The summed E-state index contributed by atoms with van der Waals surface area (Å²) in [7, 11) is 0. The van der Waals surface area contributed by atoms with Crippen molar-refractivity contribution in [3.63, 3.8) is 0 Å². The minimum absolute atomic E-state index is 0.526. The molecule has 0 aromatic carbocycles. The Morgan fingerprint density at radius 3 is 2.79 bits per heavy atom. The number of guanidine groups is 1. The molecule has 3 heterocycles. The topological polar surface area (TPSA) is 66.6 Å². The Labute approximate surface area is 141 Å². The van der Waals surface area contributed by atoms with E-state index in [1.165, 1.54) is 0 Å². The van der Waals surface area contributed by atoms with Gasteiger partial charge in [0.25, 0.3) is 0 Å². The number of nitrogens with one attached hydrogen (secondary N) is 2. The molecule has 0 saturated carbocycles. The molecule has 0 aliphatic rings. The number of aliphatic imine (C=N–C) groups is 1. The number of nitrogens with zero attached hydrogens (tertiary/aromatic N) is 4. The third-order valence-corrected chi connectivity index (χ3v) is 3.65. The number of aryl methyl sites for hydroxylation is 1. The quantitative estimate of drug-likeness (QED) is 0.559. The summed E-state index contributed by atoms with van der Waals surface area (Å²) in [5.41, 5.74) is 4.04. The summed E-state index contributed by atoms with van der Waals surface area (Å²) in [6.07, 6.45) is 3.83. The average molecular weight is 322 g/mol. The first kappa shape index (κ1) is 16.0. The van der Waals surface area contributed by atoms with Crippen molar-refractivity contribution in [3.8, 4) is 0 Å². The predicted molar refractivity (Wildman–Crippen MR) is 95.8 cm³/mol. The summed E-state index contributed by atoms with van der Waals surface area (Å²) >= 11 is 0. The Morgan fingerprint density at radius 1 is 1.12 bits per heavy atom. The highest BCUT2D eigenvalue weighted by Gasteiger charge is 2.04. The van der Waals surface area contributed by atoms with Gasteiger partial charge >= 0.3 is 0 Å². The summed E-state index contributed by atoms with van der Waals surface area (Å²) in [5.74, 6) is 0.761. The summed E-state index contributed by atoms with van der Waals surface area (Å²) < 4.78 is 2.08. The lowest BCUT2D eigenvalue weighted by molar-refractivity contribution is 0.797. The second-order valence-electron chi connectivity index (χ2n) is 5.50. The molecule has 0 aliphatic heterocycles. The van der Waals surface area contributed by atoms with Gasteiger partial charge in [-0.3, -0.25) is 4.98 Å². The Balaban J connectivity index is 1.69. The molecule has 0 aliphatic carbocycles. The van der Waals surface area contributed by atoms with Gasteiger partial charge in [-0.05, 0) is 38.1 Å². The lowest BCUT2D eigenvalue weighted by Crippen LogP contribution is -2.37. The summed E-state index contributed by atoms with van der Waals surface area (Å²) in [5, 5.41) is 6.54. The van der Waals surface area contributed by atoms with Gasteiger partial charge in [-0.1, -0.05) is 12.1 Å². The second kappa shape index (κ2) is 7.59. The van der Waals surface area contributed by atoms with Crippen LogP contribution in [0.15, 0.2) is 53.8 Å². The van der Waals surface area contributed by atoms with Gasteiger partial charge in [0.2, 0.25) is 0 Å². The third kappa shape index (κ3) is 3.90. The fraction of sp³-hybridized carbons (Fsp3) is 0.278. The number of fused-ring (bicyclic) bond motifs is 1. The molecule has 0 atom stereocenters. The van der Waals surface area contributed by atoms with E-state index in [2.05, 4.69) is 43.0 Å². The van der Waals surface area contributed by atoms with Crippen molar-refractivity contribution in [1.82, 2.24) is 25.0 Å². The van der Waals surface area contributed by atoms with E-state index in [9.17, 15) is 0 Å². The van der Waals surface area contributed by atoms with Crippen LogP contribution in [-0.4, -0.2) is 26.9 Å². The van der Waals surface area contributed by atoms with Gasteiger partial charge in [-0.2, -0.15) is 0 Å². The summed E-state index contributed by atoms with van der Waals surface area (Å²) in [4.78, 5) is 13.5. The highest BCUT2D eigenvalue weighted by Crippen LogP contribution is 2.09. The van der Waals surface area contributed by atoms with E-state index in [1.807, 2.05) is 43.5 Å². The number of pyridine rings is 2. The maximum absolute atomic E-state index is 4.61. The smallest absolute Gasteiger partial charge is 0.191 e. The van der Waals surface area contributed by atoms with E-state index in [-0.39, 0.29) is 0 Å². The van der Waals surface area contributed by atoms with E-state index in [4.69, 9.17) is 0 Å². The van der Waals surface area contributed by atoms with Gasteiger partial charge in [0.15, 0.2) is 5.96 Å². The van der Waals surface area contributed by atoms with Gasteiger partial charge in [0.1, 0.15) is 5.65 Å². The molecule has 0 radical (unpaired) electrons. The lowest BCUT2D eigenvalue weighted by Gasteiger charge is -2.10. The maximum Gasteiger partial charge on any atom is 0.191 e. The van der Waals surface area contributed by atoms with Crippen molar-refractivity contribution in [1.29, 1.82) is 0 Å². The SMILES string of the molecule is CCNC(=NCc1cn2c(C)cccc2n1)NCc1ccccn1. The van der Waals surface area contributed by atoms with Crippen molar-refractivity contribution in [2.75, 3.05) is 6.54 Å². The van der Waals surface area contributed by atoms with Crippen molar-refractivity contribution in [2.24, 2.45) is 4.99 Å². The molecule has 3 rings (SSSR count). The van der Waals surface area contributed by atoms with E-state index in [0.717, 1.165) is 35.2 Å². The first-order valence-corrected chi connectivity index (χ1v) is 8.12. The molecule has 0 spiro atoms. The summed E-state index contributed by atoms with van der Waals surface area (Å²) in [6, 6.07) is 12.0. The van der Waals surface area contributed by atoms with Gasteiger partial charge in [0.05, 0.1) is 24.5 Å². The molecule has 6 nitrogen and oxygen atoms in total. The lowest BCUT2D eigenvalue weighted by atomic mass is 10.3. The first-order chi connectivity index (χ1) is 11.8. The zero-order valence-electron chi connectivity index (χ0n) is 14.0. The van der Waals surface area contributed by atoms with Crippen LogP contribution in [0, 0.1) is 6.92 Å². The molecule has 0 unspecified atom stereocenters. The number of aromatic nitrogens is 3. The van der Waals surface area contributed by atoms with Crippen LogP contribution >= 0.6 is 0 Å². The Morgan fingerprint density at radius 2 is 2.04 bits per heavy atom. The van der Waals surface area contributed by atoms with Crippen LogP contribution in [0.2, 0.25) is 0 Å². The van der Waals surface area contributed by atoms with E-state index in [0.29, 0.717) is 13.1 Å². The van der Waals surface area contributed by atoms with Crippen LogP contribution in [-0.2, 0) is 13.1 Å². The fourth-order valence-electron chi connectivity index (χ4n) is 2.45. The Kier molecular flexibility index (Phi) is 5.05. The highest BCUT2D eigenvalue weighted by molar-refractivity contribution is 5.79. The number of rotatable bonds is 5. The molecule has 124 valence electrons.